The van der Waals surface area contributed by atoms with Gasteiger partial charge in [-0.2, -0.15) is 13.2 Å². The normalized spacial score (nSPS) is 11.8. The highest BCUT2D eigenvalue weighted by molar-refractivity contribution is 9.10. The third-order valence-corrected chi connectivity index (χ3v) is 2.10. The van der Waals surface area contributed by atoms with E-state index in [2.05, 4.69) is 15.9 Å². The van der Waals surface area contributed by atoms with Gasteiger partial charge in [0.15, 0.2) is 0 Å². The molecule has 0 saturated heterocycles. The first-order chi connectivity index (χ1) is 6.29. The Morgan fingerprint density at radius 2 is 2.07 bits per heavy atom. The number of aromatic nitrogens is 1. The second-order valence-electron chi connectivity index (χ2n) is 2.91. The number of halogens is 4. The molecule has 0 unspecified atom stereocenters. The van der Waals surface area contributed by atoms with Gasteiger partial charge >= 0.3 is 6.18 Å². The van der Waals surface area contributed by atoms with Crippen LogP contribution in [0.2, 0.25) is 0 Å². The number of alkyl halides is 3. The average molecular weight is 270 g/mol. The van der Waals surface area contributed by atoms with E-state index < -0.39 is 18.3 Å². The monoisotopic (exact) mass is 269 g/mol. The van der Waals surface area contributed by atoms with Gasteiger partial charge in [0.2, 0.25) is 0 Å². The Bertz CT molecular complexity index is 397. The lowest BCUT2D eigenvalue weighted by Gasteiger charge is -2.10. The summed E-state index contributed by atoms with van der Waals surface area (Å²) in [6.45, 7) is 0.364. The molecule has 0 saturated carbocycles. The summed E-state index contributed by atoms with van der Waals surface area (Å²) < 4.78 is 36.8. The van der Waals surface area contributed by atoms with Crippen LogP contribution in [0, 0.1) is 6.92 Å². The van der Waals surface area contributed by atoms with E-state index in [0.29, 0.717) is 10.1 Å². The quantitative estimate of drug-likeness (QED) is 0.768. The first-order valence-electron chi connectivity index (χ1n) is 3.73. The Morgan fingerprint density at radius 3 is 2.57 bits per heavy atom. The van der Waals surface area contributed by atoms with Gasteiger partial charge in [-0.15, -0.1) is 0 Å². The van der Waals surface area contributed by atoms with Crippen molar-refractivity contribution in [3.8, 4) is 0 Å². The van der Waals surface area contributed by atoms with Crippen molar-refractivity contribution >= 4 is 15.9 Å². The van der Waals surface area contributed by atoms with Crippen LogP contribution in [-0.4, -0.2) is 10.7 Å². The molecule has 14 heavy (non-hydrogen) atoms. The summed E-state index contributed by atoms with van der Waals surface area (Å²) in [5.41, 5.74) is -0.0753. The van der Waals surface area contributed by atoms with Gasteiger partial charge in [-0.05, 0) is 34.5 Å². The Balaban J connectivity index is 3.16. The first-order valence-corrected chi connectivity index (χ1v) is 4.52. The summed E-state index contributed by atoms with van der Waals surface area (Å²) in [7, 11) is 0. The summed E-state index contributed by atoms with van der Waals surface area (Å²) >= 11 is 2.90. The highest BCUT2D eigenvalue weighted by atomic mass is 79.9. The fourth-order valence-electron chi connectivity index (χ4n) is 1.05. The Labute approximate surface area is 86.5 Å². The van der Waals surface area contributed by atoms with Crippen molar-refractivity contribution in [2.75, 3.05) is 0 Å². The molecule has 1 aromatic rings. The minimum absolute atomic E-state index is 0.141. The zero-order valence-electron chi connectivity index (χ0n) is 7.23. The van der Waals surface area contributed by atoms with Gasteiger partial charge in [-0.25, -0.2) is 0 Å². The number of aryl methyl sites for hydroxylation is 1. The second kappa shape index (κ2) is 3.76. The topological polar surface area (TPSA) is 22.0 Å². The third kappa shape index (κ3) is 2.87. The molecule has 0 aliphatic carbocycles. The predicted octanol–water partition coefficient (Wildman–Crippen LogP) is 2.48. The molecule has 6 heteroatoms. The van der Waals surface area contributed by atoms with Crippen LogP contribution in [0.5, 0.6) is 0 Å². The number of pyridine rings is 1. The summed E-state index contributed by atoms with van der Waals surface area (Å²) in [4.78, 5) is 11.2. The van der Waals surface area contributed by atoms with E-state index in [4.69, 9.17) is 0 Å². The van der Waals surface area contributed by atoms with Crippen molar-refractivity contribution in [1.29, 1.82) is 0 Å². The van der Waals surface area contributed by atoms with Gasteiger partial charge in [0, 0.05) is 6.20 Å². The molecule has 2 nitrogen and oxygen atoms in total. The minimum Gasteiger partial charge on any atom is -0.305 e. The van der Waals surface area contributed by atoms with E-state index in [1.807, 2.05) is 0 Å². The number of nitrogens with zero attached hydrogens (tertiary/aromatic N) is 1. The molecular weight excluding hydrogens is 263 g/mol. The van der Waals surface area contributed by atoms with Crippen LogP contribution in [0.15, 0.2) is 21.5 Å². The molecule has 0 atom stereocenters. The molecule has 1 rings (SSSR count). The largest absolute Gasteiger partial charge is 0.406 e. The van der Waals surface area contributed by atoms with Crippen molar-refractivity contribution in [1.82, 2.24) is 4.57 Å². The third-order valence-electron chi connectivity index (χ3n) is 1.53. The van der Waals surface area contributed by atoms with E-state index in [1.54, 1.807) is 6.92 Å². The van der Waals surface area contributed by atoms with Crippen LogP contribution in [0.25, 0.3) is 0 Å². The summed E-state index contributed by atoms with van der Waals surface area (Å²) in [5.74, 6) is 0. The minimum atomic E-state index is -4.38. The van der Waals surface area contributed by atoms with Gasteiger partial charge in [0.1, 0.15) is 6.54 Å². The highest BCUT2D eigenvalue weighted by Crippen LogP contribution is 2.17. The van der Waals surface area contributed by atoms with Gasteiger partial charge < -0.3 is 4.57 Å². The van der Waals surface area contributed by atoms with E-state index in [9.17, 15) is 18.0 Å². The van der Waals surface area contributed by atoms with Crippen molar-refractivity contribution in [3.63, 3.8) is 0 Å². The molecular formula is C8H7BrF3NO. The lowest BCUT2D eigenvalue weighted by atomic mass is 10.3. The molecule has 0 N–H and O–H groups in total. The van der Waals surface area contributed by atoms with Crippen molar-refractivity contribution in [2.45, 2.75) is 19.6 Å². The Hall–Kier alpha value is -0.780. The van der Waals surface area contributed by atoms with Gasteiger partial charge in [0.05, 0.1) is 4.47 Å². The molecule has 0 bridgehead atoms. The molecule has 0 spiro atoms. The standard InChI is InChI=1S/C8H7BrF3NO/c1-5-2-6(9)7(14)13(3-5)4-8(10,11)12/h2-3H,4H2,1H3. The van der Waals surface area contributed by atoms with Crippen LogP contribution in [0.1, 0.15) is 5.56 Å². The fourth-order valence-corrected chi connectivity index (χ4v) is 1.64. The van der Waals surface area contributed by atoms with Crippen molar-refractivity contribution in [2.24, 2.45) is 0 Å². The summed E-state index contributed by atoms with van der Waals surface area (Å²) in [6.07, 6.45) is -3.20. The van der Waals surface area contributed by atoms with Crippen LogP contribution in [-0.2, 0) is 6.54 Å². The zero-order valence-corrected chi connectivity index (χ0v) is 8.82. The van der Waals surface area contributed by atoms with Gasteiger partial charge in [-0.3, -0.25) is 4.79 Å². The van der Waals surface area contributed by atoms with Crippen LogP contribution in [0.4, 0.5) is 13.2 Å². The molecule has 0 radical (unpaired) electrons. The van der Waals surface area contributed by atoms with E-state index >= 15 is 0 Å². The molecule has 78 valence electrons. The summed E-state index contributed by atoms with van der Waals surface area (Å²) in [5, 5.41) is 0. The van der Waals surface area contributed by atoms with Gasteiger partial charge in [-0.1, -0.05) is 0 Å². The van der Waals surface area contributed by atoms with E-state index in [-0.39, 0.29) is 4.47 Å². The van der Waals surface area contributed by atoms with Crippen molar-refractivity contribution < 1.29 is 13.2 Å². The maximum absolute atomic E-state index is 12.0. The molecule has 1 heterocycles. The molecule has 0 amide bonds. The Morgan fingerprint density at radius 1 is 1.50 bits per heavy atom. The molecule has 0 fully saturated rings. The van der Waals surface area contributed by atoms with Gasteiger partial charge in [0.25, 0.3) is 5.56 Å². The van der Waals surface area contributed by atoms with Crippen molar-refractivity contribution in [3.05, 3.63) is 32.7 Å². The summed E-state index contributed by atoms with van der Waals surface area (Å²) in [6, 6.07) is 1.48. The average Bonchev–Trinajstić information content (AvgIpc) is 1.96. The van der Waals surface area contributed by atoms with E-state index in [0.717, 1.165) is 0 Å². The lowest BCUT2D eigenvalue weighted by Crippen LogP contribution is -2.28. The zero-order chi connectivity index (χ0) is 10.9. The number of rotatable bonds is 1. The van der Waals surface area contributed by atoms with Crippen LogP contribution < -0.4 is 5.56 Å². The highest BCUT2D eigenvalue weighted by Gasteiger charge is 2.28. The number of hydrogen-bond donors (Lipinski definition) is 0. The molecule has 0 aromatic carbocycles. The molecule has 0 aliphatic heterocycles. The van der Waals surface area contributed by atoms with E-state index in [1.165, 1.54) is 12.3 Å². The second-order valence-corrected chi connectivity index (χ2v) is 3.77. The van der Waals surface area contributed by atoms with Crippen LogP contribution >= 0.6 is 15.9 Å². The smallest absolute Gasteiger partial charge is 0.305 e. The first kappa shape index (κ1) is 11.3. The lowest BCUT2D eigenvalue weighted by molar-refractivity contribution is -0.141. The predicted molar refractivity (Wildman–Crippen MR) is 49.2 cm³/mol. The Kier molecular flexibility index (Phi) is 3.04. The fraction of sp³-hybridized carbons (Fsp3) is 0.375. The SMILES string of the molecule is Cc1cc(Br)c(=O)n(CC(F)(F)F)c1. The molecule has 0 aliphatic rings. The number of hydrogen-bond acceptors (Lipinski definition) is 1. The maximum atomic E-state index is 12.0. The molecule has 1 aromatic heterocycles. The van der Waals surface area contributed by atoms with Crippen LogP contribution in [0.3, 0.4) is 0 Å². The maximum Gasteiger partial charge on any atom is 0.406 e.